The van der Waals surface area contributed by atoms with Crippen LogP contribution in [0, 0.1) is 0 Å². The Balaban J connectivity index is 1.90. The van der Waals surface area contributed by atoms with Gasteiger partial charge in [-0.25, -0.2) is 4.79 Å². The van der Waals surface area contributed by atoms with Crippen molar-refractivity contribution < 1.29 is 14.3 Å². The van der Waals surface area contributed by atoms with Crippen LogP contribution in [0.2, 0.25) is 0 Å². The molecule has 0 aliphatic carbocycles. The van der Waals surface area contributed by atoms with Crippen molar-refractivity contribution in [3.05, 3.63) is 24.3 Å². The molecule has 1 fully saturated rings. The molecule has 0 spiro atoms. The standard InChI is InChI=1S/C17H27N3O3/c1-12(11-22-4)18-17(21)19-15-5-7-16(8-6-15)20-9-13(2)23-14(3)10-20/h5-8,12-14H,9-11H2,1-4H3,(H2,18,19,21). The molecule has 0 aromatic heterocycles. The van der Waals surface area contributed by atoms with Gasteiger partial charge in [0.25, 0.3) is 0 Å². The Morgan fingerprint density at radius 1 is 1.30 bits per heavy atom. The summed E-state index contributed by atoms with van der Waals surface area (Å²) in [5.74, 6) is 0. The number of nitrogens with zero attached hydrogens (tertiary/aromatic N) is 1. The lowest BCUT2D eigenvalue weighted by atomic mass is 10.2. The summed E-state index contributed by atoms with van der Waals surface area (Å²) in [7, 11) is 1.61. The van der Waals surface area contributed by atoms with Crippen molar-refractivity contribution in [2.24, 2.45) is 0 Å². The molecule has 6 heteroatoms. The molecule has 1 aromatic rings. The summed E-state index contributed by atoms with van der Waals surface area (Å²) in [5.41, 5.74) is 1.91. The Kier molecular flexibility index (Phi) is 6.24. The van der Waals surface area contributed by atoms with Gasteiger partial charge in [0.05, 0.1) is 24.9 Å². The SMILES string of the molecule is COCC(C)NC(=O)Nc1ccc(N2CC(C)OC(C)C2)cc1. The minimum Gasteiger partial charge on any atom is -0.383 e. The minimum absolute atomic E-state index is 0.0319. The lowest BCUT2D eigenvalue weighted by Gasteiger charge is -2.36. The molecule has 1 aliphatic rings. The number of amides is 2. The quantitative estimate of drug-likeness (QED) is 0.874. The molecule has 3 unspecified atom stereocenters. The summed E-state index contributed by atoms with van der Waals surface area (Å²) in [6, 6.07) is 7.63. The number of carbonyl (C=O) groups excluding carboxylic acids is 1. The molecular formula is C17H27N3O3. The number of hydrogen-bond acceptors (Lipinski definition) is 4. The second-order valence-corrected chi connectivity index (χ2v) is 6.16. The monoisotopic (exact) mass is 321 g/mol. The molecular weight excluding hydrogens is 294 g/mol. The molecule has 6 nitrogen and oxygen atoms in total. The molecule has 128 valence electrons. The third-order valence-electron chi connectivity index (χ3n) is 3.70. The van der Waals surface area contributed by atoms with Gasteiger partial charge in [0.2, 0.25) is 0 Å². The molecule has 23 heavy (non-hydrogen) atoms. The topological polar surface area (TPSA) is 62.8 Å². The minimum atomic E-state index is -0.226. The van der Waals surface area contributed by atoms with Crippen molar-refractivity contribution >= 4 is 17.4 Å². The van der Waals surface area contributed by atoms with Crippen LogP contribution >= 0.6 is 0 Å². The van der Waals surface area contributed by atoms with Crippen molar-refractivity contribution in [2.45, 2.75) is 39.0 Å². The first-order valence-electron chi connectivity index (χ1n) is 8.05. The van der Waals surface area contributed by atoms with Crippen LogP contribution in [0.15, 0.2) is 24.3 Å². The zero-order valence-electron chi connectivity index (χ0n) is 14.3. The van der Waals surface area contributed by atoms with Gasteiger partial charge in [-0.2, -0.15) is 0 Å². The Morgan fingerprint density at radius 2 is 1.91 bits per heavy atom. The summed E-state index contributed by atoms with van der Waals surface area (Å²) in [6.07, 6.45) is 0.453. The molecule has 3 atom stereocenters. The van der Waals surface area contributed by atoms with Gasteiger partial charge in [-0.05, 0) is 45.0 Å². The number of morpholine rings is 1. The first kappa shape index (κ1) is 17.6. The van der Waals surface area contributed by atoms with Gasteiger partial charge in [-0.15, -0.1) is 0 Å². The second-order valence-electron chi connectivity index (χ2n) is 6.16. The van der Waals surface area contributed by atoms with Crippen molar-refractivity contribution in [3.8, 4) is 0 Å². The van der Waals surface area contributed by atoms with Gasteiger partial charge in [0.15, 0.2) is 0 Å². The van der Waals surface area contributed by atoms with E-state index in [4.69, 9.17) is 9.47 Å². The van der Waals surface area contributed by atoms with Crippen LogP contribution in [0.4, 0.5) is 16.2 Å². The summed E-state index contributed by atoms with van der Waals surface area (Å²) in [4.78, 5) is 14.2. The number of carbonyl (C=O) groups is 1. The molecule has 0 saturated carbocycles. The largest absolute Gasteiger partial charge is 0.383 e. The van der Waals surface area contributed by atoms with Crippen LogP contribution in [0.3, 0.4) is 0 Å². The average Bonchev–Trinajstić information content (AvgIpc) is 2.47. The zero-order valence-corrected chi connectivity index (χ0v) is 14.3. The van der Waals surface area contributed by atoms with Crippen molar-refractivity contribution in [1.29, 1.82) is 0 Å². The van der Waals surface area contributed by atoms with E-state index < -0.39 is 0 Å². The highest BCUT2D eigenvalue weighted by molar-refractivity contribution is 5.89. The smallest absolute Gasteiger partial charge is 0.319 e. The second kappa shape index (κ2) is 8.17. The maximum absolute atomic E-state index is 11.9. The highest BCUT2D eigenvalue weighted by Gasteiger charge is 2.22. The highest BCUT2D eigenvalue weighted by Crippen LogP contribution is 2.22. The number of nitrogens with one attached hydrogen (secondary N) is 2. The molecule has 1 heterocycles. The Bertz CT molecular complexity index is 496. The molecule has 2 rings (SSSR count). The van der Waals surface area contributed by atoms with Gasteiger partial charge < -0.3 is 25.0 Å². The van der Waals surface area contributed by atoms with Gasteiger partial charge in [0, 0.05) is 31.6 Å². The van der Waals surface area contributed by atoms with E-state index in [1.807, 2.05) is 31.2 Å². The molecule has 0 bridgehead atoms. The van der Waals surface area contributed by atoms with Crippen LogP contribution in [0.5, 0.6) is 0 Å². The third kappa shape index (κ3) is 5.41. The molecule has 2 N–H and O–H groups in total. The summed E-state index contributed by atoms with van der Waals surface area (Å²) in [6.45, 7) is 8.32. The van der Waals surface area contributed by atoms with E-state index in [9.17, 15) is 4.79 Å². The Labute approximate surface area is 138 Å². The third-order valence-corrected chi connectivity index (χ3v) is 3.70. The van der Waals surface area contributed by atoms with Crippen LogP contribution in [-0.4, -0.2) is 51.1 Å². The fourth-order valence-electron chi connectivity index (χ4n) is 2.83. The van der Waals surface area contributed by atoms with Crippen LogP contribution in [0.25, 0.3) is 0 Å². The molecule has 1 aromatic carbocycles. The number of anilines is 2. The van der Waals surface area contributed by atoms with E-state index in [0.717, 1.165) is 24.5 Å². The fourth-order valence-corrected chi connectivity index (χ4v) is 2.83. The number of ether oxygens (including phenoxy) is 2. The average molecular weight is 321 g/mol. The van der Waals surface area contributed by atoms with Crippen LogP contribution in [0.1, 0.15) is 20.8 Å². The van der Waals surface area contributed by atoms with Gasteiger partial charge in [0.1, 0.15) is 0 Å². The van der Waals surface area contributed by atoms with Crippen molar-refractivity contribution in [3.63, 3.8) is 0 Å². The predicted octanol–water partition coefficient (Wildman–Crippen LogP) is 2.46. The number of methoxy groups -OCH3 is 1. The van der Waals surface area contributed by atoms with Gasteiger partial charge in [-0.3, -0.25) is 0 Å². The van der Waals surface area contributed by atoms with E-state index >= 15 is 0 Å². The molecule has 0 radical (unpaired) electrons. The number of rotatable bonds is 5. The Hall–Kier alpha value is -1.79. The van der Waals surface area contributed by atoms with E-state index in [-0.39, 0.29) is 24.3 Å². The summed E-state index contributed by atoms with van der Waals surface area (Å²) < 4.78 is 10.8. The summed E-state index contributed by atoms with van der Waals surface area (Å²) >= 11 is 0. The lowest BCUT2D eigenvalue weighted by Crippen LogP contribution is -2.45. The van der Waals surface area contributed by atoms with E-state index in [0.29, 0.717) is 6.61 Å². The fraction of sp³-hybridized carbons (Fsp3) is 0.588. The number of hydrogen-bond donors (Lipinski definition) is 2. The van der Waals surface area contributed by atoms with Gasteiger partial charge >= 0.3 is 6.03 Å². The first-order valence-corrected chi connectivity index (χ1v) is 8.05. The summed E-state index contributed by atoms with van der Waals surface area (Å²) in [5, 5.41) is 5.65. The van der Waals surface area contributed by atoms with Crippen LogP contribution in [-0.2, 0) is 9.47 Å². The number of benzene rings is 1. The first-order chi connectivity index (χ1) is 11.0. The van der Waals surface area contributed by atoms with Gasteiger partial charge in [-0.1, -0.05) is 0 Å². The maximum atomic E-state index is 11.9. The highest BCUT2D eigenvalue weighted by atomic mass is 16.5. The van der Waals surface area contributed by atoms with Crippen LogP contribution < -0.4 is 15.5 Å². The van der Waals surface area contributed by atoms with Crippen molar-refractivity contribution in [1.82, 2.24) is 5.32 Å². The molecule has 1 aliphatic heterocycles. The van der Waals surface area contributed by atoms with Crippen molar-refractivity contribution in [2.75, 3.05) is 37.0 Å². The predicted molar refractivity (Wildman–Crippen MR) is 92.2 cm³/mol. The van der Waals surface area contributed by atoms with E-state index in [1.165, 1.54) is 0 Å². The lowest BCUT2D eigenvalue weighted by molar-refractivity contribution is -0.00521. The molecule has 1 saturated heterocycles. The molecule has 2 amide bonds. The Morgan fingerprint density at radius 3 is 2.48 bits per heavy atom. The van der Waals surface area contributed by atoms with E-state index in [2.05, 4.69) is 29.4 Å². The maximum Gasteiger partial charge on any atom is 0.319 e. The zero-order chi connectivity index (χ0) is 16.8. The number of urea groups is 1. The normalized spacial score (nSPS) is 22.5. The van der Waals surface area contributed by atoms with E-state index in [1.54, 1.807) is 7.11 Å².